The first kappa shape index (κ1) is 50.9. The highest BCUT2D eigenvalue weighted by Crippen LogP contribution is 2.41. The number of hydrogen-bond acceptors (Lipinski definition) is 17. The van der Waals surface area contributed by atoms with E-state index in [0.29, 0.717) is 66.3 Å². The number of amides is 2. The molecule has 4 N–H and O–H groups in total. The number of para-hydroxylation sites is 1. The van der Waals surface area contributed by atoms with Gasteiger partial charge < -0.3 is 54.0 Å². The van der Waals surface area contributed by atoms with Gasteiger partial charge in [-0.15, -0.1) is 10.2 Å². The van der Waals surface area contributed by atoms with Crippen molar-refractivity contribution in [1.29, 1.82) is 0 Å². The number of carbonyl (C=O) groups excluding carboxylic acids is 2. The Balaban J connectivity index is 0.596. The molecule has 5 aliphatic rings. The number of carbonyl (C=O) groups is 2. The minimum absolute atomic E-state index is 0.0647. The molecule has 5 fully saturated rings. The standard InChI is InChI=1S/C57H69N11O8/c1-34(2)53(57(71)67-21-7-9-47(67)56(70)61-35(3)37-11-13-38(14-12-37)54-36(4)60-33-73-54)50-30-52(64-76-50)72-25-24-65-22-18-42(19-23-65)74-43-27-44(28-43)75-51-26-39(17-20-59-51)68-40-15-16-41(68)32-66(31-40)48-29-46(62-63-55(48)58)45-8-5-6-10-49(45)69/h5-6,8,10-14,17,20,26,29-30,33-35,40-44,47,53,69H,7,9,15-16,18-19,21-25,27-28,31-32H2,1-4H3,(H2,58,63)(H,61,70)/t35-,40?,41?,43-,44-,47-,53?/m0/s1. The largest absolute Gasteiger partial charge is 0.507 e. The molecule has 4 aliphatic heterocycles. The van der Waals surface area contributed by atoms with Crippen LogP contribution in [0.2, 0.25) is 0 Å². The third kappa shape index (κ3) is 10.9. The van der Waals surface area contributed by atoms with Crippen molar-refractivity contribution in [3.05, 3.63) is 102 Å². The third-order valence-corrected chi connectivity index (χ3v) is 16.1. The Morgan fingerprint density at radius 3 is 2.38 bits per heavy atom. The number of fused-ring (bicyclic) bond motifs is 2. The van der Waals surface area contributed by atoms with Crippen molar-refractivity contribution in [2.75, 3.05) is 61.4 Å². The van der Waals surface area contributed by atoms with Crippen LogP contribution in [0.4, 0.5) is 17.2 Å². The van der Waals surface area contributed by atoms with Crippen LogP contribution in [-0.2, 0) is 14.3 Å². The number of piperazine rings is 1. The zero-order valence-corrected chi connectivity index (χ0v) is 43.8. The Hall–Kier alpha value is -7.25. The number of nitrogen functional groups attached to an aromatic ring is 1. The molecule has 2 amide bonds. The second-order valence-electron chi connectivity index (χ2n) is 21.5. The van der Waals surface area contributed by atoms with Crippen molar-refractivity contribution in [3.63, 3.8) is 0 Å². The Morgan fingerprint density at radius 1 is 0.868 bits per heavy atom. The van der Waals surface area contributed by atoms with E-state index >= 15 is 0 Å². The molecule has 6 aromatic rings. The molecule has 0 radical (unpaired) electrons. The predicted octanol–water partition coefficient (Wildman–Crippen LogP) is 7.71. The van der Waals surface area contributed by atoms with Crippen molar-refractivity contribution in [2.45, 2.75) is 127 Å². The van der Waals surface area contributed by atoms with E-state index in [1.165, 1.54) is 6.39 Å². The molecule has 76 heavy (non-hydrogen) atoms. The van der Waals surface area contributed by atoms with Gasteiger partial charge in [-0.1, -0.05) is 50.2 Å². The summed E-state index contributed by atoms with van der Waals surface area (Å²) in [5, 5.41) is 26.4. The first-order valence-electron chi connectivity index (χ1n) is 27.1. The molecule has 3 unspecified atom stereocenters. The maximum absolute atomic E-state index is 14.2. The maximum Gasteiger partial charge on any atom is 0.254 e. The number of rotatable bonds is 18. The molecule has 4 aromatic heterocycles. The summed E-state index contributed by atoms with van der Waals surface area (Å²) in [6.45, 7) is 12.9. The minimum Gasteiger partial charge on any atom is -0.507 e. The van der Waals surface area contributed by atoms with Crippen LogP contribution in [0.15, 0.2) is 94.3 Å². The molecule has 0 spiro atoms. The average molecular weight is 1040 g/mol. The smallest absolute Gasteiger partial charge is 0.254 e. The molecule has 8 heterocycles. The summed E-state index contributed by atoms with van der Waals surface area (Å²) in [6.07, 6.45) is 10.8. The van der Waals surface area contributed by atoms with Crippen molar-refractivity contribution in [2.24, 2.45) is 5.92 Å². The van der Waals surface area contributed by atoms with Crippen molar-refractivity contribution >= 4 is 29.0 Å². The highest BCUT2D eigenvalue weighted by atomic mass is 16.5. The van der Waals surface area contributed by atoms with Crippen LogP contribution in [0.3, 0.4) is 0 Å². The van der Waals surface area contributed by atoms with E-state index in [-0.39, 0.29) is 47.8 Å². The number of phenols is 1. The lowest BCUT2D eigenvalue weighted by atomic mass is 9.91. The fourth-order valence-electron chi connectivity index (χ4n) is 11.9. The fourth-order valence-corrected chi connectivity index (χ4v) is 11.9. The van der Waals surface area contributed by atoms with Crippen LogP contribution >= 0.6 is 0 Å². The Bertz CT molecular complexity index is 2960. The fraction of sp³-hybridized carbons (Fsp3) is 0.491. The number of nitrogens with two attached hydrogens (primary N) is 1. The van der Waals surface area contributed by atoms with Gasteiger partial charge in [0.2, 0.25) is 17.7 Å². The van der Waals surface area contributed by atoms with E-state index in [2.05, 4.69) is 57.5 Å². The van der Waals surface area contributed by atoms with E-state index in [1.54, 1.807) is 23.1 Å². The summed E-state index contributed by atoms with van der Waals surface area (Å²) in [4.78, 5) is 45.6. The number of likely N-dealkylation sites (tertiary alicyclic amines) is 2. The summed E-state index contributed by atoms with van der Waals surface area (Å²) in [7, 11) is 0. The monoisotopic (exact) mass is 1040 g/mol. The van der Waals surface area contributed by atoms with Crippen LogP contribution in [0.25, 0.3) is 22.6 Å². The van der Waals surface area contributed by atoms with Crippen molar-refractivity contribution in [1.82, 2.24) is 40.4 Å². The number of pyridine rings is 1. The van der Waals surface area contributed by atoms with Crippen molar-refractivity contribution < 1.29 is 37.8 Å². The van der Waals surface area contributed by atoms with Gasteiger partial charge in [0.25, 0.3) is 5.88 Å². The third-order valence-electron chi connectivity index (χ3n) is 16.1. The summed E-state index contributed by atoms with van der Waals surface area (Å²) >= 11 is 0. The van der Waals surface area contributed by atoms with Gasteiger partial charge in [0.15, 0.2) is 23.7 Å². The summed E-state index contributed by atoms with van der Waals surface area (Å²) in [5.74, 6) is 1.68. The molecular formula is C57H69N11O8. The topological polar surface area (TPSA) is 224 Å². The molecule has 1 saturated carbocycles. The summed E-state index contributed by atoms with van der Waals surface area (Å²) in [6, 6.07) is 22.6. The number of aromatic hydroxyl groups is 1. The lowest BCUT2D eigenvalue weighted by molar-refractivity contribution is -0.141. The zero-order valence-electron chi connectivity index (χ0n) is 43.8. The quantitative estimate of drug-likeness (QED) is 0.0749. The first-order valence-corrected chi connectivity index (χ1v) is 27.1. The normalized spacial score (nSPS) is 22.6. The highest BCUT2D eigenvalue weighted by Gasteiger charge is 2.43. The van der Waals surface area contributed by atoms with E-state index in [0.717, 1.165) is 112 Å². The number of phenolic OH excluding ortho intramolecular Hbond substituents is 1. The molecule has 4 saturated heterocycles. The van der Waals surface area contributed by atoms with Gasteiger partial charge in [0, 0.05) is 99.3 Å². The van der Waals surface area contributed by atoms with Gasteiger partial charge >= 0.3 is 0 Å². The summed E-state index contributed by atoms with van der Waals surface area (Å²) in [5.41, 5.74) is 12.3. The number of oxazole rings is 1. The average Bonchev–Trinajstić information content (AvgIpc) is 4.24. The lowest BCUT2D eigenvalue weighted by Crippen LogP contribution is -2.54. The number of ether oxygens (including phenoxy) is 3. The Morgan fingerprint density at radius 2 is 1.64 bits per heavy atom. The number of nitrogens with one attached hydrogen (secondary N) is 1. The first-order chi connectivity index (χ1) is 36.9. The molecule has 19 nitrogen and oxygen atoms in total. The van der Waals surface area contributed by atoms with Crippen molar-refractivity contribution in [3.8, 4) is 40.1 Å². The predicted molar refractivity (Wildman–Crippen MR) is 285 cm³/mol. The number of nitrogens with zero attached hydrogens (tertiary/aromatic N) is 9. The van der Waals surface area contributed by atoms with Crippen LogP contribution in [0, 0.1) is 12.8 Å². The molecule has 19 heteroatoms. The van der Waals surface area contributed by atoms with Crippen LogP contribution < -0.4 is 30.3 Å². The maximum atomic E-state index is 14.2. The number of hydrogen-bond donors (Lipinski definition) is 3. The number of benzene rings is 2. The second-order valence-corrected chi connectivity index (χ2v) is 21.5. The highest BCUT2D eigenvalue weighted by molar-refractivity contribution is 5.91. The van der Waals surface area contributed by atoms with Gasteiger partial charge in [-0.2, -0.15) is 0 Å². The molecule has 2 aromatic carbocycles. The molecule has 400 valence electrons. The van der Waals surface area contributed by atoms with Crippen LogP contribution in [0.5, 0.6) is 17.5 Å². The van der Waals surface area contributed by atoms with E-state index in [4.69, 9.17) is 28.9 Å². The summed E-state index contributed by atoms with van der Waals surface area (Å²) < 4.78 is 30.3. The van der Waals surface area contributed by atoms with Gasteiger partial charge in [-0.25, -0.2) is 9.97 Å². The lowest BCUT2D eigenvalue weighted by Gasteiger charge is -2.43. The van der Waals surface area contributed by atoms with E-state index in [9.17, 15) is 14.7 Å². The number of aryl methyl sites for hydroxylation is 1. The van der Waals surface area contributed by atoms with Gasteiger partial charge in [0.1, 0.15) is 30.4 Å². The second kappa shape index (κ2) is 22.1. The Kier molecular flexibility index (Phi) is 14.8. The van der Waals surface area contributed by atoms with Gasteiger partial charge in [0.05, 0.1) is 35.3 Å². The molecule has 5 atom stereocenters. The molecular weight excluding hydrogens is 967 g/mol. The SMILES string of the molecule is Cc1ncoc1-c1ccc([C@H](C)NC(=O)[C@@H]2CCCN2C(=O)C(c2cc(OCCN3CCC(O[C@H]4C[C@H](Oc5cc(N6C7CCC6CN(c6cc(-c8ccccc8O)nnc6N)C7)ccn5)C4)CC3)no2)C(C)C)cc1. The molecule has 1 aliphatic carbocycles. The minimum atomic E-state index is -0.608. The molecule has 11 rings (SSSR count). The Labute approximate surface area is 443 Å². The van der Waals surface area contributed by atoms with Gasteiger partial charge in [-0.05, 0) is 93.3 Å². The number of aromatic nitrogens is 5. The van der Waals surface area contributed by atoms with Crippen LogP contribution in [-0.4, -0.2) is 134 Å². The zero-order chi connectivity index (χ0) is 52.5. The van der Waals surface area contributed by atoms with E-state index < -0.39 is 12.0 Å². The number of piperidine rings is 1. The number of anilines is 3. The molecule has 2 bridgehead atoms. The van der Waals surface area contributed by atoms with Gasteiger partial charge in [-0.3, -0.25) is 14.5 Å². The van der Waals surface area contributed by atoms with Crippen LogP contribution in [0.1, 0.15) is 101 Å². The van der Waals surface area contributed by atoms with E-state index in [1.807, 2.05) is 76.4 Å².